The van der Waals surface area contributed by atoms with E-state index in [1.54, 1.807) is 6.07 Å². The average molecular weight is 280 g/mol. The highest BCUT2D eigenvalue weighted by Crippen LogP contribution is 2.25. The molecule has 0 bridgehead atoms. The molecule has 2 heterocycles. The summed E-state index contributed by atoms with van der Waals surface area (Å²) in [7, 11) is 0. The average Bonchev–Trinajstić information content (AvgIpc) is 2.93. The zero-order valence-corrected chi connectivity index (χ0v) is 10.9. The van der Waals surface area contributed by atoms with Crippen LogP contribution in [0.15, 0.2) is 34.7 Å². The number of nitrogens with two attached hydrogens (primary N) is 1. The Morgan fingerprint density at radius 3 is 2.94 bits per heavy atom. The molecule has 0 amide bonds. The number of oxazole rings is 1. The maximum Gasteiger partial charge on any atom is 0.296 e. The molecule has 0 aliphatic rings. The highest BCUT2D eigenvalue weighted by molar-refractivity contribution is 7.16. The summed E-state index contributed by atoms with van der Waals surface area (Å²) in [6.45, 7) is 0.629. The monoisotopic (exact) mass is 279 g/mol. The summed E-state index contributed by atoms with van der Waals surface area (Å²) in [5.74, 6) is 0. The zero-order chi connectivity index (χ0) is 12.5. The number of nitrogen functional groups attached to an aromatic ring is 1. The fourth-order valence-electron chi connectivity index (χ4n) is 1.65. The minimum absolute atomic E-state index is 0.465. The van der Waals surface area contributed by atoms with Gasteiger partial charge >= 0.3 is 0 Å². The fraction of sp³-hybridized carbons (Fsp3) is 0.0833. The van der Waals surface area contributed by atoms with Crippen molar-refractivity contribution < 1.29 is 4.42 Å². The van der Waals surface area contributed by atoms with Crippen molar-refractivity contribution in [1.82, 2.24) is 4.98 Å². The fourth-order valence-corrected chi connectivity index (χ4v) is 2.68. The van der Waals surface area contributed by atoms with Gasteiger partial charge in [-0.1, -0.05) is 17.7 Å². The molecule has 1 aromatic carbocycles. The van der Waals surface area contributed by atoms with E-state index in [9.17, 15) is 0 Å². The van der Waals surface area contributed by atoms with E-state index >= 15 is 0 Å². The maximum atomic E-state index is 5.86. The van der Waals surface area contributed by atoms with Crippen LogP contribution in [0.2, 0.25) is 4.34 Å². The van der Waals surface area contributed by atoms with Gasteiger partial charge in [-0.05, 0) is 24.3 Å². The van der Waals surface area contributed by atoms with Crippen molar-refractivity contribution in [1.29, 1.82) is 0 Å². The van der Waals surface area contributed by atoms with E-state index in [0.717, 1.165) is 9.21 Å². The highest BCUT2D eigenvalue weighted by atomic mass is 35.5. The molecule has 3 rings (SSSR count). The van der Waals surface area contributed by atoms with E-state index in [-0.39, 0.29) is 0 Å². The van der Waals surface area contributed by atoms with Crippen LogP contribution >= 0.6 is 22.9 Å². The third-order valence-electron chi connectivity index (χ3n) is 2.49. The second kappa shape index (κ2) is 4.51. The van der Waals surface area contributed by atoms with E-state index in [1.165, 1.54) is 11.3 Å². The molecule has 0 unspecified atom stereocenters. The van der Waals surface area contributed by atoms with Crippen molar-refractivity contribution in [3.05, 3.63) is 39.5 Å². The van der Waals surface area contributed by atoms with Crippen LogP contribution in [-0.2, 0) is 6.54 Å². The molecule has 18 heavy (non-hydrogen) atoms. The van der Waals surface area contributed by atoms with E-state index in [1.807, 2.05) is 24.3 Å². The summed E-state index contributed by atoms with van der Waals surface area (Å²) < 4.78 is 6.32. The summed E-state index contributed by atoms with van der Waals surface area (Å²) in [6.07, 6.45) is 0. The van der Waals surface area contributed by atoms with Gasteiger partial charge in [-0.3, -0.25) is 0 Å². The Hall–Kier alpha value is -1.72. The van der Waals surface area contributed by atoms with Crippen molar-refractivity contribution in [2.45, 2.75) is 6.54 Å². The summed E-state index contributed by atoms with van der Waals surface area (Å²) in [5, 5.41) is 3.11. The molecular weight excluding hydrogens is 270 g/mol. The van der Waals surface area contributed by atoms with Crippen LogP contribution in [0.3, 0.4) is 0 Å². The quantitative estimate of drug-likeness (QED) is 0.717. The van der Waals surface area contributed by atoms with E-state index < -0.39 is 0 Å². The lowest BCUT2D eigenvalue weighted by Crippen LogP contribution is -1.97. The molecule has 0 aliphatic carbocycles. The number of nitrogens with zero attached hydrogens (tertiary/aromatic N) is 1. The molecule has 92 valence electrons. The molecule has 6 heteroatoms. The van der Waals surface area contributed by atoms with Gasteiger partial charge in [0.2, 0.25) is 0 Å². The molecule has 0 spiro atoms. The number of hydrogen-bond acceptors (Lipinski definition) is 5. The number of rotatable bonds is 3. The Bertz CT molecular complexity index is 692. The lowest BCUT2D eigenvalue weighted by molar-refractivity contribution is 0.615. The highest BCUT2D eigenvalue weighted by Gasteiger charge is 2.07. The topological polar surface area (TPSA) is 64.1 Å². The van der Waals surface area contributed by atoms with Gasteiger partial charge in [-0.15, -0.1) is 11.3 Å². The third-order valence-corrected chi connectivity index (χ3v) is 3.72. The minimum atomic E-state index is 0.465. The maximum absolute atomic E-state index is 5.86. The summed E-state index contributed by atoms with van der Waals surface area (Å²) >= 11 is 7.39. The predicted molar refractivity (Wildman–Crippen MR) is 75.1 cm³/mol. The normalized spacial score (nSPS) is 10.9. The third kappa shape index (κ3) is 2.14. The summed E-state index contributed by atoms with van der Waals surface area (Å²) in [6, 6.07) is 9.78. The van der Waals surface area contributed by atoms with Gasteiger partial charge in [0.15, 0.2) is 5.58 Å². The SMILES string of the molecule is Nc1cccc2oc(NCc3ccc(Cl)s3)nc12. The lowest BCUT2D eigenvalue weighted by atomic mass is 10.3. The number of thiophene rings is 1. The van der Waals surface area contributed by atoms with Crippen molar-refractivity contribution in [2.75, 3.05) is 11.1 Å². The molecule has 4 nitrogen and oxygen atoms in total. The van der Waals surface area contributed by atoms with Gasteiger partial charge in [0.05, 0.1) is 16.6 Å². The molecule has 0 radical (unpaired) electrons. The molecule has 3 N–H and O–H groups in total. The number of anilines is 2. The Labute approximate surface area is 112 Å². The Morgan fingerprint density at radius 2 is 2.22 bits per heavy atom. The number of nitrogens with one attached hydrogen (secondary N) is 1. The van der Waals surface area contributed by atoms with Crippen molar-refractivity contribution in [3.63, 3.8) is 0 Å². The Kier molecular flexibility index (Phi) is 2.85. The van der Waals surface area contributed by atoms with Gasteiger partial charge in [0, 0.05) is 4.88 Å². The van der Waals surface area contributed by atoms with Crippen molar-refractivity contribution in [3.8, 4) is 0 Å². The molecular formula is C12H10ClN3OS. The van der Waals surface area contributed by atoms with Crippen LogP contribution < -0.4 is 11.1 Å². The van der Waals surface area contributed by atoms with Gasteiger partial charge < -0.3 is 15.5 Å². The van der Waals surface area contributed by atoms with Crippen LogP contribution in [0.25, 0.3) is 11.1 Å². The van der Waals surface area contributed by atoms with Crippen molar-refractivity contribution in [2.24, 2.45) is 0 Å². The van der Waals surface area contributed by atoms with E-state index in [4.69, 9.17) is 21.8 Å². The zero-order valence-electron chi connectivity index (χ0n) is 9.31. The second-order valence-corrected chi connectivity index (χ2v) is 5.57. The van der Waals surface area contributed by atoms with Crippen LogP contribution in [0.4, 0.5) is 11.7 Å². The number of fused-ring (bicyclic) bond motifs is 1. The first-order valence-corrected chi connectivity index (χ1v) is 6.55. The number of aromatic nitrogens is 1. The second-order valence-electron chi connectivity index (χ2n) is 3.77. The van der Waals surface area contributed by atoms with Gasteiger partial charge in [-0.2, -0.15) is 4.98 Å². The Morgan fingerprint density at radius 1 is 1.33 bits per heavy atom. The van der Waals surface area contributed by atoms with E-state index in [0.29, 0.717) is 29.3 Å². The molecule has 0 saturated heterocycles. The smallest absolute Gasteiger partial charge is 0.296 e. The van der Waals surface area contributed by atoms with Crippen LogP contribution in [0, 0.1) is 0 Å². The number of hydrogen-bond donors (Lipinski definition) is 2. The molecule has 0 fully saturated rings. The van der Waals surface area contributed by atoms with Crippen LogP contribution in [0.1, 0.15) is 4.88 Å². The molecule has 3 aromatic rings. The number of halogens is 1. The molecule has 2 aromatic heterocycles. The first-order valence-electron chi connectivity index (χ1n) is 5.35. The summed E-state index contributed by atoms with van der Waals surface area (Å²) in [5.41, 5.74) is 7.80. The first kappa shape index (κ1) is 11.4. The van der Waals surface area contributed by atoms with Gasteiger partial charge in [0.25, 0.3) is 6.01 Å². The van der Waals surface area contributed by atoms with Gasteiger partial charge in [-0.25, -0.2) is 0 Å². The summed E-state index contributed by atoms with van der Waals surface area (Å²) in [4.78, 5) is 5.42. The lowest BCUT2D eigenvalue weighted by Gasteiger charge is -1.97. The molecule has 0 atom stereocenters. The van der Waals surface area contributed by atoms with Crippen LogP contribution in [-0.4, -0.2) is 4.98 Å². The van der Waals surface area contributed by atoms with Gasteiger partial charge in [0.1, 0.15) is 5.52 Å². The minimum Gasteiger partial charge on any atom is -0.423 e. The molecule has 0 saturated carbocycles. The predicted octanol–water partition coefficient (Wildman–Crippen LogP) is 3.74. The largest absolute Gasteiger partial charge is 0.423 e. The standard InChI is InChI=1S/C12H10ClN3OS/c13-10-5-4-7(18-10)6-15-12-16-11-8(14)2-1-3-9(11)17-12/h1-5H,6,14H2,(H,15,16). The van der Waals surface area contributed by atoms with Crippen molar-refractivity contribution >= 4 is 45.7 Å². The number of para-hydroxylation sites is 1. The van der Waals surface area contributed by atoms with Crippen LogP contribution in [0.5, 0.6) is 0 Å². The molecule has 0 aliphatic heterocycles. The Balaban J connectivity index is 1.81. The number of benzene rings is 1. The van der Waals surface area contributed by atoms with E-state index in [2.05, 4.69) is 10.3 Å². The first-order chi connectivity index (χ1) is 8.72.